The topological polar surface area (TPSA) is 61.4 Å². The summed E-state index contributed by atoms with van der Waals surface area (Å²) in [7, 11) is 0. The van der Waals surface area contributed by atoms with Gasteiger partial charge in [-0.3, -0.25) is 14.5 Å². The average molecular weight is 412 g/mol. The van der Waals surface area contributed by atoms with E-state index in [0.29, 0.717) is 5.69 Å². The Kier molecular flexibility index (Phi) is 7.57. The van der Waals surface area contributed by atoms with Crippen molar-refractivity contribution < 1.29 is 14.0 Å². The summed E-state index contributed by atoms with van der Waals surface area (Å²) in [5.41, 5.74) is 1.77. The largest absolute Gasteiger partial charge is 0.340 e. The third-order valence-electron chi connectivity index (χ3n) is 5.40. The molecule has 0 aromatic heterocycles. The minimum atomic E-state index is -0.775. The number of halogens is 1. The number of hydrogen-bond donors (Lipinski definition) is 2. The van der Waals surface area contributed by atoms with E-state index in [1.165, 1.54) is 37.5 Å². The summed E-state index contributed by atoms with van der Waals surface area (Å²) in [4.78, 5) is 27.8. The Morgan fingerprint density at radius 3 is 2.47 bits per heavy atom. The monoisotopic (exact) mass is 411 g/mol. The van der Waals surface area contributed by atoms with Crippen LogP contribution in [0.5, 0.6) is 0 Å². The van der Waals surface area contributed by atoms with Crippen LogP contribution in [0, 0.1) is 11.7 Å². The third kappa shape index (κ3) is 5.89. The Balaban J connectivity index is 1.65. The second-order valence-electron chi connectivity index (χ2n) is 8.20. The van der Waals surface area contributed by atoms with Crippen LogP contribution in [0.25, 0.3) is 0 Å². The molecule has 0 spiro atoms. The Bertz CT molecular complexity index is 878. The first-order valence-corrected chi connectivity index (χ1v) is 10.6. The third-order valence-corrected chi connectivity index (χ3v) is 5.40. The van der Waals surface area contributed by atoms with Crippen molar-refractivity contribution in [1.29, 1.82) is 0 Å². The number of hydrogen-bond acceptors (Lipinski definition) is 3. The quantitative estimate of drug-likeness (QED) is 0.718. The molecule has 2 N–H and O–H groups in total. The SMILES string of the molecule is CC(C)C(NC(=O)c1ccccc1F)C(=O)Nc1cccc(CN2CCCCC2)c1. The molecule has 1 fully saturated rings. The number of rotatable bonds is 7. The Labute approximate surface area is 177 Å². The number of anilines is 1. The number of nitrogens with one attached hydrogen (secondary N) is 2. The molecule has 160 valence electrons. The van der Waals surface area contributed by atoms with Crippen LogP contribution >= 0.6 is 0 Å². The van der Waals surface area contributed by atoms with E-state index in [4.69, 9.17) is 0 Å². The van der Waals surface area contributed by atoms with E-state index >= 15 is 0 Å². The number of likely N-dealkylation sites (tertiary alicyclic amines) is 1. The zero-order valence-electron chi connectivity index (χ0n) is 17.7. The standard InChI is InChI=1S/C24H30FN3O2/c1-17(2)22(27-23(29)20-11-4-5-12-21(20)25)24(30)26-19-10-8-9-18(15-19)16-28-13-6-3-7-14-28/h4-5,8-12,15,17,22H,3,6-7,13-14,16H2,1-2H3,(H,26,30)(H,27,29). The van der Waals surface area contributed by atoms with Crippen molar-refractivity contribution in [3.8, 4) is 0 Å². The van der Waals surface area contributed by atoms with Gasteiger partial charge in [-0.1, -0.05) is 44.5 Å². The second-order valence-corrected chi connectivity index (χ2v) is 8.20. The van der Waals surface area contributed by atoms with Gasteiger partial charge < -0.3 is 10.6 Å². The van der Waals surface area contributed by atoms with Crippen molar-refractivity contribution in [2.75, 3.05) is 18.4 Å². The molecule has 2 aromatic rings. The lowest BCUT2D eigenvalue weighted by atomic mass is 10.0. The molecule has 2 aromatic carbocycles. The number of carbonyl (C=O) groups excluding carboxylic acids is 2. The Hall–Kier alpha value is -2.73. The van der Waals surface area contributed by atoms with Gasteiger partial charge in [-0.15, -0.1) is 0 Å². The zero-order chi connectivity index (χ0) is 21.5. The van der Waals surface area contributed by atoms with Crippen molar-refractivity contribution in [2.45, 2.75) is 45.7 Å². The van der Waals surface area contributed by atoms with Gasteiger partial charge in [-0.2, -0.15) is 0 Å². The molecule has 5 nitrogen and oxygen atoms in total. The van der Waals surface area contributed by atoms with E-state index in [9.17, 15) is 14.0 Å². The molecule has 3 rings (SSSR count). The van der Waals surface area contributed by atoms with Crippen LogP contribution < -0.4 is 10.6 Å². The van der Waals surface area contributed by atoms with E-state index in [1.807, 2.05) is 32.0 Å². The van der Waals surface area contributed by atoms with Crippen molar-refractivity contribution in [3.05, 3.63) is 65.5 Å². The fraction of sp³-hybridized carbons (Fsp3) is 0.417. The zero-order valence-corrected chi connectivity index (χ0v) is 17.7. The lowest BCUT2D eigenvalue weighted by Crippen LogP contribution is -2.47. The summed E-state index contributed by atoms with van der Waals surface area (Å²) >= 11 is 0. The summed E-state index contributed by atoms with van der Waals surface area (Å²) in [5, 5.41) is 5.58. The molecule has 1 aliphatic heterocycles. The molecule has 6 heteroatoms. The van der Waals surface area contributed by atoms with Crippen LogP contribution in [0.4, 0.5) is 10.1 Å². The van der Waals surface area contributed by atoms with Gasteiger partial charge in [0.2, 0.25) is 5.91 Å². The first kappa shape index (κ1) is 22.0. The maximum absolute atomic E-state index is 13.9. The van der Waals surface area contributed by atoms with Gasteiger partial charge in [0.15, 0.2) is 0 Å². The highest BCUT2D eigenvalue weighted by Gasteiger charge is 2.26. The fourth-order valence-electron chi connectivity index (χ4n) is 3.74. The Morgan fingerprint density at radius 2 is 1.77 bits per heavy atom. The van der Waals surface area contributed by atoms with Crippen molar-refractivity contribution in [2.24, 2.45) is 5.92 Å². The lowest BCUT2D eigenvalue weighted by Gasteiger charge is -2.26. The molecule has 0 saturated carbocycles. The van der Waals surface area contributed by atoms with Gasteiger partial charge in [0.1, 0.15) is 11.9 Å². The molecular weight excluding hydrogens is 381 g/mol. The molecule has 0 aliphatic carbocycles. The molecule has 1 saturated heterocycles. The molecular formula is C24H30FN3O2. The van der Waals surface area contributed by atoms with Crippen LogP contribution in [0.1, 0.15) is 49.0 Å². The molecule has 2 amide bonds. The molecule has 0 radical (unpaired) electrons. The predicted molar refractivity (Wildman–Crippen MR) is 117 cm³/mol. The first-order chi connectivity index (χ1) is 14.4. The minimum Gasteiger partial charge on any atom is -0.340 e. The number of piperidine rings is 1. The number of amides is 2. The number of nitrogens with zero attached hydrogens (tertiary/aromatic N) is 1. The minimum absolute atomic E-state index is 0.0699. The van der Waals surface area contributed by atoms with E-state index in [-0.39, 0.29) is 17.4 Å². The van der Waals surface area contributed by atoms with E-state index in [1.54, 1.807) is 6.07 Å². The molecule has 1 aliphatic rings. The highest BCUT2D eigenvalue weighted by Crippen LogP contribution is 2.17. The van der Waals surface area contributed by atoms with Gasteiger partial charge in [-0.05, 0) is 61.7 Å². The van der Waals surface area contributed by atoms with E-state index in [2.05, 4.69) is 21.6 Å². The normalized spacial score (nSPS) is 15.6. The van der Waals surface area contributed by atoms with Gasteiger partial charge in [0.05, 0.1) is 5.56 Å². The summed E-state index contributed by atoms with van der Waals surface area (Å²) in [6.45, 7) is 6.76. The summed E-state index contributed by atoms with van der Waals surface area (Å²) in [5.74, 6) is -1.67. The summed E-state index contributed by atoms with van der Waals surface area (Å²) in [6, 6.07) is 12.8. The van der Waals surface area contributed by atoms with E-state index in [0.717, 1.165) is 25.2 Å². The highest BCUT2D eigenvalue weighted by molar-refractivity contribution is 6.01. The van der Waals surface area contributed by atoms with Crippen molar-refractivity contribution in [1.82, 2.24) is 10.2 Å². The second kappa shape index (κ2) is 10.3. The number of carbonyl (C=O) groups is 2. The van der Waals surface area contributed by atoms with Gasteiger partial charge in [0.25, 0.3) is 5.91 Å². The fourth-order valence-corrected chi connectivity index (χ4v) is 3.74. The van der Waals surface area contributed by atoms with Crippen LogP contribution in [-0.4, -0.2) is 35.8 Å². The maximum Gasteiger partial charge on any atom is 0.254 e. The first-order valence-electron chi connectivity index (χ1n) is 10.6. The molecule has 0 bridgehead atoms. The van der Waals surface area contributed by atoms with Crippen molar-refractivity contribution in [3.63, 3.8) is 0 Å². The molecule has 1 unspecified atom stereocenters. The lowest BCUT2D eigenvalue weighted by molar-refractivity contribution is -0.118. The van der Waals surface area contributed by atoms with Crippen LogP contribution in [0.15, 0.2) is 48.5 Å². The van der Waals surface area contributed by atoms with Crippen LogP contribution in [0.3, 0.4) is 0 Å². The molecule has 1 heterocycles. The van der Waals surface area contributed by atoms with Gasteiger partial charge in [-0.25, -0.2) is 4.39 Å². The highest BCUT2D eigenvalue weighted by atomic mass is 19.1. The van der Waals surface area contributed by atoms with Gasteiger partial charge >= 0.3 is 0 Å². The molecule has 1 atom stereocenters. The van der Waals surface area contributed by atoms with Crippen LogP contribution in [0.2, 0.25) is 0 Å². The van der Waals surface area contributed by atoms with Crippen molar-refractivity contribution >= 4 is 17.5 Å². The predicted octanol–water partition coefficient (Wildman–Crippen LogP) is 4.20. The average Bonchev–Trinajstić information content (AvgIpc) is 2.73. The summed E-state index contributed by atoms with van der Waals surface area (Å²) in [6.07, 6.45) is 3.75. The summed E-state index contributed by atoms with van der Waals surface area (Å²) < 4.78 is 13.9. The van der Waals surface area contributed by atoms with Crippen LogP contribution in [-0.2, 0) is 11.3 Å². The van der Waals surface area contributed by atoms with E-state index < -0.39 is 17.8 Å². The smallest absolute Gasteiger partial charge is 0.254 e. The van der Waals surface area contributed by atoms with Gasteiger partial charge in [0, 0.05) is 12.2 Å². The molecule has 30 heavy (non-hydrogen) atoms. The maximum atomic E-state index is 13.9. The Morgan fingerprint density at radius 1 is 1.03 bits per heavy atom. The number of benzene rings is 2.